The van der Waals surface area contributed by atoms with Gasteiger partial charge in [-0.05, 0) is 57.6 Å². The summed E-state index contributed by atoms with van der Waals surface area (Å²) < 4.78 is 6.51. The summed E-state index contributed by atoms with van der Waals surface area (Å²) in [5.74, 6) is -1.05. The van der Waals surface area contributed by atoms with Crippen LogP contribution < -0.4 is 15.4 Å². The Morgan fingerprint density at radius 3 is 2.45 bits per heavy atom. The Labute approximate surface area is 223 Å². The van der Waals surface area contributed by atoms with Gasteiger partial charge in [-0.25, -0.2) is 9.59 Å². The number of rotatable bonds is 9. The third-order valence-electron chi connectivity index (χ3n) is 6.50. The lowest BCUT2D eigenvalue weighted by molar-refractivity contribution is 0.0343. The standard InChI is InChI=1S/C28H38N4O6/c1-17(2)29-28(37)30-23-8-6-7-22-25(23)38-24(18(3)13-32(26(22)34)19(4)16-33)15-31(5)14-20-9-11-21(12-10-20)27(35)36/h6-12,17-19,24,33H,13-16H2,1-5H3,(H,35,36)(H2,29,30,37)/t18-,19+,24-/m0/s1. The number of anilines is 1. The van der Waals surface area contributed by atoms with Gasteiger partial charge in [-0.2, -0.15) is 0 Å². The summed E-state index contributed by atoms with van der Waals surface area (Å²) in [6.45, 7) is 8.77. The Hall–Kier alpha value is -3.63. The van der Waals surface area contributed by atoms with Gasteiger partial charge in [0.25, 0.3) is 5.91 Å². The van der Waals surface area contributed by atoms with Gasteiger partial charge in [0.05, 0.1) is 29.5 Å². The van der Waals surface area contributed by atoms with Gasteiger partial charge >= 0.3 is 12.0 Å². The molecule has 3 atom stereocenters. The first kappa shape index (κ1) is 28.9. The van der Waals surface area contributed by atoms with Crippen molar-refractivity contribution in [3.8, 4) is 5.75 Å². The Bertz CT molecular complexity index is 1140. The van der Waals surface area contributed by atoms with E-state index in [4.69, 9.17) is 9.84 Å². The van der Waals surface area contributed by atoms with Crippen LogP contribution in [0.1, 0.15) is 54.0 Å². The Balaban J connectivity index is 1.91. The minimum Gasteiger partial charge on any atom is -0.486 e. The van der Waals surface area contributed by atoms with Gasteiger partial charge in [-0.1, -0.05) is 25.1 Å². The van der Waals surface area contributed by atoms with Gasteiger partial charge in [-0.3, -0.25) is 9.69 Å². The van der Waals surface area contributed by atoms with Crippen LogP contribution in [0.3, 0.4) is 0 Å². The molecule has 3 rings (SSSR count). The predicted molar refractivity (Wildman–Crippen MR) is 145 cm³/mol. The summed E-state index contributed by atoms with van der Waals surface area (Å²) in [4.78, 5) is 40.9. The number of para-hydroxylation sites is 1. The van der Waals surface area contributed by atoms with Crippen LogP contribution in [0.25, 0.3) is 0 Å². The van der Waals surface area contributed by atoms with Crippen LogP contribution in [0, 0.1) is 5.92 Å². The molecule has 4 N–H and O–H groups in total. The van der Waals surface area contributed by atoms with Crippen molar-refractivity contribution in [1.82, 2.24) is 15.1 Å². The minimum atomic E-state index is -0.969. The Morgan fingerprint density at radius 1 is 1.16 bits per heavy atom. The monoisotopic (exact) mass is 526 g/mol. The van der Waals surface area contributed by atoms with E-state index >= 15 is 0 Å². The number of ether oxygens (including phenoxy) is 1. The summed E-state index contributed by atoms with van der Waals surface area (Å²) in [7, 11) is 1.94. The van der Waals surface area contributed by atoms with E-state index < -0.39 is 18.0 Å². The fraction of sp³-hybridized carbons (Fsp3) is 0.464. The number of urea groups is 1. The summed E-state index contributed by atoms with van der Waals surface area (Å²) in [6.07, 6.45) is -0.352. The highest BCUT2D eigenvalue weighted by atomic mass is 16.5. The van der Waals surface area contributed by atoms with Crippen molar-refractivity contribution in [1.29, 1.82) is 0 Å². The maximum Gasteiger partial charge on any atom is 0.335 e. The molecule has 1 aliphatic heterocycles. The van der Waals surface area contributed by atoms with Crippen molar-refractivity contribution in [3.05, 3.63) is 59.2 Å². The number of benzene rings is 2. The predicted octanol–water partition coefficient (Wildman–Crippen LogP) is 3.27. The zero-order valence-corrected chi connectivity index (χ0v) is 22.6. The van der Waals surface area contributed by atoms with Gasteiger partial charge in [0, 0.05) is 31.6 Å². The molecule has 0 aromatic heterocycles. The van der Waals surface area contributed by atoms with Gasteiger partial charge in [0.15, 0.2) is 5.75 Å². The average Bonchev–Trinajstić information content (AvgIpc) is 2.85. The lowest BCUT2D eigenvalue weighted by atomic mass is 9.98. The number of nitrogens with one attached hydrogen (secondary N) is 2. The highest BCUT2D eigenvalue weighted by Gasteiger charge is 2.34. The normalized spacial score (nSPS) is 18.3. The highest BCUT2D eigenvalue weighted by molar-refractivity contribution is 6.01. The largest absolute Gasteiger partial charge is 0.486 e. The summed E-state index contributed by atoms with van der Waals surface area (Å²) in [5, 5.41) is 24.6. The third-order valence-corrected chi connectivity index (χ3v) is 6.50. The van der Waals surface area contributed by atoms with E-state index in [9.17, 15) is 19.5 Å². The maximum atomic E-state index is 13.6. The first-order chi connectivity index (χ1) is 18.0. The van der Waals surface area contributed by atoms with Crippen LogP contribution in [-0.2, 0) is 6.54 Å². The average molecular weight is 527 g/mol. The number of hydrogen-bond acceptors (Lipinski definition) is 6. The molecule has 1 aliphatic rings. The number of nitrogens with zero attached hydrogens (tertiary/aromatic N) is 2. The molecular weight excluding hydrogens is 488 g/mol. The SMILES string of the molecule is CC(C)NC(=O)Nc1cccc2c1O[C@@H](CN(C)Cc1ccc(C(=O)O)cc1)[C@@H](C)CN([C@H](C)CO)C2=O. The van der Waals surface area contributed by atoms with E-state index in [0.717, 1.165) is 5.56 Å². The van der Waals surface area contributed by atoms with E-state index in [1.807, 2.05) is 27.8 Å². The van der Waals surface area contributed by atoms with Crippen molar-refractivity contribution in [2.45, 2.75) is 52.4 Å². The maximum absolute atomic E-state index is 13.6. The second kappa shape index (κ2) is 12.7. The lowest BCUT2D eigenvalue weighted by Gasteiger charge is -2.38. The summed E-state index contributed by atoms with van der Waals surface area (Å²) in [5.41, 5.74) is 1.89. The van der Waals surface area contributed by atoms with Crippen molar-refractivity contribution in [2.24, 2.45) is 5.92 Å². The third kappa shape index (κ3) is 7.23. The van der Waals surface area contributed by atoms with Crippen LogP contribution >= 0.6 is 0 Å². The van der Waals surface area contributed by atoms with E-state index in [1.165, 1.54) is 0 Å². The molecule has 0 unspecified atom stereocenters. The fourth-order valence-electron chi connectivity index (χ4n) is 4.42. The topological polar surface area (TPSA) is 131 Å². The molecule has 0 bridgehead atoms. The van der Waals surface area contributed by atoms with Crippen LogP contribution in [0.15, 0.2) is 42.5 Å². The molecule has 0 radical (unpaired) electrons. The molecule has 2 aromatic carbocycles. The summed E-state index contributed by atoms with van der Waals surface area (Å²) in [6, 6.07) is 10.9. The van der Waals surface area contributed by atoms with Crippen LogP contribution in [0.4, 0.5) is 10.5 Å². The molecular formula is C28H38N4O6. The number of fused-ring (bicyclic) bond motifs is 1. The number of amides is 3. The number of carboxylic acid groups (broad SMARTS) is 1. The van der Waals surface area contributed by atoms with E-state index in [-0.39, 0.29) is 36.1 Å². The van der Waals surface area contributed by atoms with E-state index in [2.05, 4.69) is 15.5 Å². The number of carbonyl (C=O) groups is 3. The van der Waals surface area contributed by atoms with Crippen LogP contribution in [-0.4, -0.2) is 82.9 Å². The zero-order chi connectivity index (χ0) is 28.0. The molecule has 206 valence electrons. The lowest BCUT2D eigenvalue weighted by Crippen LogP contribution is -2.49. The fourth-order valence-corrected chi connectivity index (χ4v) is 4.42. The van der Waals surface area contributed by atoms with Gasteiger partial charge in [0.1, 0.15) is 6.10 Å². The first-order valence-electron chi connectivity index (χ1n) is 12.8. The number of aliphatic hydroxyl groups is 1. The molecule has 0 fully saturated rings. The van der Waals surface area contributed by atoms with Crippen LogP contribution in [0.2, 0.25) is 0 Å². The number of carbonyl (C=O) groups excluding carboxylic acids is 2. The molecule has 0 aliphatic carbocycles. The Morgan fingerprint density at radius 2 is 1.84 bits per heavy atom. The first-order valence-corrected chi connectivity index (χ1v) is 12.8. The van der Waals surface area contributed by atoms with Crippen molar-refractivity contribution in [2.75, 3.05) is 32.1 Å². The van der Waals surface area contributed by atoms with E-state index in [1.54, 1.807) is 54.3 Å². The van der Waals surface area contributed by atoms with Crippen molar-refractivity contribution < 1.29 is 29.3 Å². The van der Waals surface area contributed by atoms with Gasteiger partial charge < -0.3 is 30.5 Å². The Kier molecular flexibility index (Phi) is 9.71. The zero-order valence-electron chi connectivity index (χ0n) is 22.6. The molecule has 10 heteroatoms. The second-order valence-electron chi connectivity index (χ2n) is 10.3. The van der Waals surface area contributed by atoms with Gasteiger partial charge in [-0.15, -0.1) is 0 Å². The second-order valence-corrected chi connectivity index (χ2v) is 10.3. The van der Waals surface area contributed by atoms with Crippen molar-refractivity contribution >= 4 is 23.6 Å². The van der Waals surface area contributed by atoms with Gasteiger partial charge in [0.2, 0.25) is 0 Å². The molecule has 0 saturated heterocycles. The van der Waals surface area contributed by atoms with Crippen molar-refractivity contribution in [3.63, 3.8) is 0 Å². The minimum absolute atomic E-state index is 0.0741. The highest BCUT2D eigenvalue weighted by Crippen LogP contribution is 2.35. The van der Waals surface area contributed by atoms with E-state index in [0.29, 0.717) is 36.6 Å². The number of likely N-dealkylation sites (N-methyl/N-ethyl adjacent to an activating group) is 1. The molecule has 10 nitrogen and oxygen atoms in total. The molecule has 3 amide bonds. The molecule has 2 aromatic rings. The number of hydrogen-bond donors (Lipinski definition) is 4. The number of aromatic carboxylic acids is 1. The molecule has 0 spiro atoms. The molecule has 38 heavy (non-hydrogen) atoms. The molecule has 0 saturated carbocycles. The molecule has 1 heterocycles. The smallest absolute Gasteiger partial charge is 0.335 e. The quantitative estimate of drug-likeness (QED) is 0.394. The number of aliphatic hydroxyl groups excluding tert-OH is 1. The number of carboxylic acids is 1. The summed E-state index contributed by atoms with van der Waals surface area (Å²) >= 11 is 0. The van der Waals surface area contributed by atoms with Crippen LogP contribution in [0.5, 0.6) is 5.75 Å².